The molecule has 1 aromatic rings. The van der Waals surface area contributed by atoms with Crippen LogP contribution in [0.4, 0.5) is 11.6 Å². The lowest BCUT2D eigenvalue weighted by atomic mass is 10.1. The monoisotopic (exact) mass is 241 g/mol. The second kappa shape index (κ2) is 7.00. The first-order valence-electron chi connectivity index (χ1n) is 5.55. The maximum absolute atomic E-state index is 9.03. The number of nitrogens with two attached hydrogens (primary N) is 1. The molecule has 0 spiro atoms. The van der Waals surface area contributed by atoms with Crippen LogP contribution in [0.2, 0.25) is 0 Å². The highest BCUT2D eigenvalue weighted by Crippen LogP contribution is 2.21. The molecule has 0 amide bonds. The summed E-state index contributed by atoms with van der Waals surface area (Å²) in [4.78, 5) is 8.12. The van der Waals surface area contributed by atoms with E-state index < -0.39 is 6.04 Å². The van der Waals surface area contributed by atoms with Crippen LogP contribution >= 0.6 is 0 Å². The predicted molar refractivity (Wildman–Crippen MR) is 65.4 cm³/mol. The second-order valence-electron chi connectivity index (χ2n) is 3.65. The zero-order valence-corrected chi connectivity index (χ0v) is 9.85. The van der Waals surface area contributed by atoms with Crippen molar-refractivity contribution in [1.29, 1.82) is 0 Å². The smallest absolute Gasteiger partial charge is 0.148 e. The molecule has 1 heterocycles. The van der Waals surface area contributed by atoms with Crippen molar-refractivity contribution in [2.75, 3.05) is 24.0 Å². The maximum atomic E-state index is 9.03. The molecule has 1 rings (SSSR count). The van der Waals surface area contributed by atoms with Gasteiger partial charge >= 0.3 is 0 Å². The minimum atomic E-state index is -0.439. The number of hydrazine groups is 1. The number of nitrogen functional groups attached to an aromatic ring is 1. The summed E-state index contributed by atoms with van der Waals surface area (Å²) in [6, 6.07) is -0.439. The number of hydrogen-bond donors (Lipinski definition) is 5. The number of nitrogens with zero attached hydrogens (tertiary/aromatic N) is 2. The number of aliphatic hydroxyl groups excluding tert-OH is 2. The third kappa shape index (κ3) is 3.52. The number of hydrogen-bond acceptors (Lipinski definition) is 7. The van der Waals surface area contributed by atoms with Crippen LogP contribution in [0.25, 0.3) is 0 Å². The third-order valence-corrected chi connectivity index (χ3v) is 2.36. The Balaban J connectivity index is 2.96. The summed E-state index contributed by atoms with van der Waals surface area (Å²) in [6.07, 6.45) is 3.05. The first-order chi connectivity index (χ1) is 8.26. The molecule has 0 aromatic carbocycles. The van der Waals surface area contributed by atoms with Gasteiger partial charge in [-0.1, -0.05) is 13.3 Å². The largest absolute Gasteiger partial charge is 0.394 e. The highest BCUT2D eigenvalue weighted by atomic mass is 16.3. The minimum absolute atomic E-state index is 0.169. The molecule has 17 heavy (non-hydrogen) atoms. The maximum Gasteiger partial charge on any atom is 0.148 e. The molecule has 0 unspecified atom stereocenters. The Bertz CT molecular complexity index is 343. The van der Waals surface area contributed by atoms with Gasteiger partial charge in [0.05, 0.1) is 19.3 Å². The van der Waals surface area contributed by atoms with E-state index in [1.807, 2.05) is 6.92 Å². The van der Waals surface area contributed by atoms with E-state index >= 15 is 0 Å². The summed E-state index contributed by atoms with van der Waals surface area (Å²) in [5.74, 6) is 6.52. The van der Waals surface area contributed by atoms with Gasteiger partial charge in [-0.3, -0.25) is 0 Å². The lowest BCUT2D eigenvalue weighted by Crippen LogP contribution is -2.29. The molecule has 7 nitrogen and oxygen atoms in total. The molecule has 0 saturated heterocycles. The van der Waals surface area contributed by atoms with Crippen LogP contribution < -0.4 is 16.6 Å². The van der Waals surface area contributed by atoms with Crippen LogP contribution in [0.5, 0.6) is 0 Å². The Kier molecular flexibility index (Phi) is 5.61. The van der Waals surface area contributed by atoms with E-state index in [0.717, 1.165) is 18.4 Å². The Hall–Kier alpha value is -1.44. The summed E-state index contributed by atoms with van der Waals surface area (Å²) in [6.45, 7) is 1.70. The van der Waals surface area contributed by atoms with Gasteiger partial charge in [0.25, 0.3) is 0 Å². The van der Waals surface area contributed by atoms with E-state index in [2.05, 4.69) is 20.7 Å². The molecular weight excluding hydrogens is 222 g/mol. The molecule has 0 aliphatic rings. The highest BCUT2D eigenvalue weighted by Gasteiger charge is 2.13. The van der Waals surface area contributed by atoms with Gasteiger partial charge in [0.2, 0.25) is 0 Å². The Morgan fingerprint density at radius 2 is 1.94 bits per heavy atom. The van der Waals surface area contributed by atoms with Gasteiger partial charge in [0.1, 0.15) is 18.0 Å². The molecular formula is C10H19N5O2. The van der Waals surface area contributed by atoms with Gasteiger partial charge in [0.15, 0.2) is 0 Å². The molecule has 0 aliphatic heterocycles. The van der Waals surface area contributed by atoms with Crippen LogP contribution in [0, 0.1) is 0 Å². The van der Waals surface area contributed by atoms with E-state index in [1.165, 1.54) is 6.33 Å². The Morgan fingerprint density at radius 3 is 2.47 bits per heavy atom. The average molecular weight is 241 g/mol. The molecule has 1 aromatic heterocycles. The van der Waals surface area contributed by atoms with Gasteiger partial charge in [-0.15, -0.1) is 0 Å². The second-order valence-corrected chi connectivity index (χ2v) is 3.65. The molecule has 0 aliphatic carbocycles. The number of nitrogens with one attached hydrogen (secondary N) is 2. The SMILES string of the molecule is CCCc1c(NN)ncnc1NC(CO)CO. The van der Waals surface area contributed by atoms with Crippen LogP contribution in [0.15, 0.2) is 6.33 Å². The van der Waals surface area contributed by atoms with Gasteiger partial charge in [0, 0.05) is 5.56 Å². The fourth-order valence-corrected chi connectivity index (χ4v) is 1.49. The normalized spacial score (nSPS) is 10.6. The number of aromatic nitrogens is 2. The average Bonchev–Trinajstić information content (AvgIpc) is 2.37. The van der Waals surface area contributed by atoms with Crippen molar-refractivity contribution in [3.8, 4) is 0 Å². The van der Waals surface area contributed by atoms with E-state index in [0.29, 0.717) is 11.6 Å². The first kappa shape index (κ1) is 13.6. The standard InChI is InChI=1S/C10H19N5O2/c1-2-3-8-9(14-7(4-16)5-17)12-6-13-10(8)15-11/h6-7,16-17H,2-5,11H2,1H3,(H2,12,13,14,15). The molecule has 0 saturated carbocycles. The fraction of sp³-hybridized carbons (Fsp3) is 0.600. The molecule has 0 bridgehead atoms. The molecule has 7 heteroatoms. The first-order valence-corrected chi connectivity index (χ1v) is 5.55. The molecule has 0 atom stereocenters. The van der Waals surface area contributed by atoms with Crippen LogP contribution in [0.1, 0.15) is 18.9 Å². The molecule has 0 fully saturated rings. The van der Waals surface area contributed by atoms with Gasteiger partial charge in [-0.25, -0.2) is 15.8 Å². The molecule has 96 valence electrons. The summed E-state index contributed by atoms with van der Waals surface area (Å²) in [7, 11) is 0. The lowest BCUT2D eigenvalue weighted by Gasteiger charge is -2.18. The van der Waals surface area contributed by atoms with Crippen LogP contribution in [-0.4, -0.2) is 39.4 Å². The van der Waals surface area contributed by atoms with Crippen molar-refractivity contribution < 1.29 is 10.2 Å². The van der Waals surface area contributed by atoms with Crippen molar-refractivity contribution in [2.45, 2.75) is 25.8 Å². The number of anilines is 2. The zero-order valence-electron chi connectivity index (χ0n) is 9.85. The number of aliphatic hydroxyl groups is 2. The Morgan fingerprint density at radius 1 is 1.29 bits per heavy atom. The van der Waals surface area contributed by atoms with Crippen molar-refractivity contribution in [3.63, 3.8) is 0 Å². The third-order valence-electron chi connectivity index (χ3n) is 2.36. The highest BCUT2D eigenvalue weighted by molar-refractivity contribution is 5.57. The lowest BCUT2D eigenvalue weighted by molar-refractivity contribution is 0.203. The predicted octanol–water partition coefficient (Wildman–Crippen LogP) is -0.520. The quantitative estimate of drug-likeness (QED) is 0.322. The van der Waals surface area contributed by atoms with Gasteiger partial charge in [-0.2, -0.15) is 0 Å². The van der Waals surface area contributed by atoms with Crippen LogP contribution in [0.3, 0.4) is 0 Å². The van der Waals surface area contributed by atoms with E-state index in [-0.39, 0.29) is 13.2 Å². The summed E-state index contributed by atoms with van der Waals surface area (Å²) in [5.41, 5.74) is 3.37. The van der Waals surface area contributed by atoms with Crippen molar-refractivity contribution in [1.82, 2.24) is 9.97 Å². The minimum Gasteiger partial charge on any atom is -0.394 e. The van der Waals surface area contributed by atoms with Crippen molar-refractivity contribution >= 4 is 11.6 Å². The molecule has 6 N–H and O–H groups in total. The summed E-state index contributed by atoms with van der Waals surface area (Å²) >= 11 is 0. The zero-order chi connectivity index (χ0) is 12.7. The fourth-order valence-electron chi connectivity index (χ4n) is 1.49. The van der Waals surface area contributed by atoms with E-state index in [9.17, 15) is 0 Å². The van der Waals surface area contributed by atoms with Crippen molar-refractivity contribution in [3.05, 3.63) is 11.9 Å². The summed E-state index contributed by atoms with van der Waals surface area (Å²) < 4.78 is 0. The summed E-state index contributed by atoms with van der Waals surface area (Å²) in [5, 5.41) is 21.0. The molecule has 0 radical (unpaired) electrons. The van der Waals surface area contributed by atoms with E-state index in [4.69, 9.17) is 16.1 Å². The van der Waals surface area contributed by atoms with Crippen LogP contribution in [-0.2, 0) is 6.42 Å². The van der Waals surface area contributed by atoms with Crippen molar-refractivity contribution in [2.24, 2.45) is 5.84 Å². The van der Waals surface area contributed by atoms with Gasteiger partial charge in [-0.05, 0) is 6.42 Å². The topological polar surface area (TPSA) is 116 Å². The Labute approximate surface area is 100 Å². The van der Waals surface area contributed by atoms with Gasteiger partial charge < -0.3 is 21.0 Å². The van der Waals surface area contributed by atoms with E-state index in [1.54, 1.807) is 0 Å². The number of rotatable bonds is 7.